The first kappa shape index (κ1) is 15.4. The molecule has 0 amide bonds. The van der Waals surface area contributed by atoms with Gasteiger partial charge in [0.15, 0.2) is 0 Å². The van der Waals surface area contributed by atoms with Crippen LogP contribution in [-0.4, -0.2) is 40.2 Å². The molecule has 0 unspecified atom stereocenters. The van der Waals surface area contributed by atoms with E-state index in [1.165, 1.54) is 11.9 Å². The van der Waals surface area contributed by atoms with E-state index in [0.29, 0.717) is 5.71 Å². The van der Waals surface area contributed by atoms with Crippen molar-refractivity contribution in [2.24, 2.45) is 0 Å². The SMILES string of the molecule is CCc1noc2ncnc(NCCN(C)Cc3ccccc3)c12. The molecule has 3 rings (SSSR count). The molecule has 2 heterocycles. The molecule has 2 aromatic heterocycles. The number of nitrogens with zero attached hydrogens (tertiary/aromatic N) is 4. The van der Waals surface area contributed by atoms with Crippen molar-refractivity contribution in [3.05, 3.63) is 47.9 Å². The van der Waals surface area contributed by atoms with E-state index in [0.717, 1.165) is 43.0 Å². The Balaban J connectivity index is 1.59. The lowest BCUT2D eigenvalue weighted by molar-refractivity contribution is 0.340. The van der Waals surface area contributed by atoms with E-state index >= 15 is 0 Å². The Morgan fingerprint density at radius 2 is 2.00 bits per heavy atom. The van der Waals surface area contributed by atoms with Crippen LogP contribution in [0.3, 0.4) is 0 Å². The molecule has 1 N–H and O–H groups in total. The van der Waals surface area contributed by atoms with E-state index in [1.54, 1.807) is 0 Å². The number of rotatable bonds is 7. The Morgan fingerprint density at radius 1 is 1.17 bits per heavy atom. The van der Waals surface area contributed by atoms with Gasteiger partial charge in [0.25, 0.3) is 5.71 Å². The van der Waals surface area contributed by atoms with Crippen LogP contribution in [0.25, 0.3) is 11.1 Å². The number of anilines is 1. The van der Waals surface area contributed by atoms with Crippen molar-refractivity contribution in [3.63, 3.8) is 0 Å². The van der Waals surface area contributed by atoms with Crippen molar-refractivity contribution in [3.8, 4) is 0 Å². The normalized spacial score (nSPS) is 11.3. The summed E-state index contributed by atoms with van der Waals surface area (Å²) in [7, 11) is 2.11. The van der Waals surface area contributed by atoms with Gasteiger partial charge in [-0.05, 0) is 19.0 Å². The highest BCUT2D eigenvalue weighted by Crippen LogP contribution is 2.23. The summed E-state index contributed by atoms with van der Waals surface area (Å²) >= 11 is 0. The maximum atomic E-state index is 5.24. The van der Waals surface area contributed by atoms with Crippen LogP contribution in [0.2, 0.25) is 0 Å². The summed E-state index contributed by atoms with van der Waals surface area (Å²) in [6.07, 6.45) is 2.30. The van der Waals surface area contributed by atoms with Gasteiger partial charge in [0.1, 0.15) is 17.5 Å². The highest BCUT2D eigenvalue weighted by Gasteiger charge is 2.13. The van der Waals surface area contributed by atoms with Crippen LogP contribution in [0, 0.1) is 0 Å². The number of benzene rings is 1. The molecule has 0 aliphatic carbocycles. The summed E-state index contributed by atoms with van der Waals surface area (Å²) in [5.74, 6) is 0.793. The summed E-state index contributed by atoms with van der Waals surface area (Å²) in [6.45, 7) is 4.67. The Bertz CT molecular complexity index is 756. The van der Waals surface area contributed by atoms with Gasteiger partial charge in [-0.25, -0.2) is 4.98 Å². The second-order valence-corrected chi connectivity index (χ2v) is 5.54. The van der Waals surface area contributed by atoms with Gasteiger partial charge >= 0.3 is 0 Å². The van der Waals surface area contributed by atoms with Gasteiger partial charge < -0.3 is 14.7 Å². The molecule has 0 fully saturated rings. The highest BCUT2D eigenvalue weighted by atomic mass is 16.5. The number of hydrogen-bond acceptors (Lipinski definition) is 6. The van der Waals surface area contributed by atoms with Crippen molar-refractivity contribution in [2.45, 2.75) is 19.9 Å². The van der Waals surface area contributed by atoms with E-state index < -0.39 is 0 Å². The van der Waals surface area contributed by atoms with E-state index in [9.17, 15) is 0 Å². The molecule has 3 aromatic rings. The third-order valence-corrected chi connectivity index (χ3v) is 3.76. The fourth-order valence-corrected chi connectivity index (χ4v) is 2.56. The Hall–Kier alpha value is -2.47. The number of aromatic nitrogens is 3. The van der Waals surface area contributed by atoms with Gasteiger partial charge in [-0.3, -0.25) is 0 Å². The second kappa shape index (κ2) is 7.19. The lowest BCUT2D eigenvalue weighted by Crippen LogP contribution is -2.25. The molecule has 0 aliphatic rings. The van der Waals surface area contributed by atoms with Crippen molar-refractivity contribution in [2.75, 3.05) is 25.5 Å². The Labute approximate surface area is 135 Å². The van der Waals surface area contributed by atoms with E-state index in [-0.39, 0.29) is 0 Å². The Morgan fingerprint density at radius 3 is 2.78 bits per heavy atom. The zero-order chi connectivity index (χ0) is 16.1. The maximum Gasteiger partial charge on any atom is 0.263 e. The summed E-state index contributed by atoms with van der Waals surface area (Å²) < 4.78 is 5.24. The Kier molecular flexibility index (Phi) is 4.83. The van der Waals surface area contributed by atoms with E-state index in [1.807, 2.05) is 13.0 Å². The summed E-state index contributed by atoms with van der Waals surface area (Å²) in [4.78, 5) is 10.7. The van der Waals surface area contributed by atoms with Crippen LogP contribution in [0.5, 0.6) is 0 Å². The number of likely N-dealkylation sites (N-methyl/N-ethyl adjacent to an activating group) is 1. The molecule has 1 aromatic carbocycles. The molecule has 0 saturated carbocycles. The maximum absolute atomic E-state index is 5.24. The predicted molar refractivity (Wildman–Crippen MR) is 90.2 cm³/mol. The first-order valence-corrected chi connectivity index (χ1v) is 7.83. The molecule has 0 saturated heterocycles. The van der Waals surface area contributed by atoms with Crippen LogP contribution in [0.15, 0.2) is 41.2 Å². The van der Waals surface area contributed by atoms with Gasteiger partial charge in [0.2, 0.25) is 0 Å². The lowest BCUT2D eigenvalue weighted by atomic mass is 10.2. The smallest absolute Gasteiger partial charge is 0.263 e. The molecule has 6 nitrogen and oxygen atoms in total. The molecule has 0 aliphatic heterocycles. The molecule has 0 bridgehead atoms. The first-order valence-electron chi connectivity index (χ1n) is 7.83. The van der Waals surface area contributed by atoms with Crippen LogP contribution in [-0.2, 0) is 13.0 Å². The minimum absolute atomic E-state index is 0.539. The summed E-state index contributed by atoms with van der Waals surface area (Å²) in [6, 6.07) is 10.5. The number of hydrogen-bond donors (Lipinski definition) is 1. The van der Waals surface area contributed by atoms with Crippen LogP contribution in [0.4, 0.5) is 5.82 Å². The molecule has 120 valence electrons. The molecule has 0 atom stereocenters. The van der Waals surface area contributed by atoms with Crippen LogP contribution in [0.1, 0.15) is 18.2 Å². The second-order valence-electron chi connectivity index (χ2n) is 5.54. The zero-order valence-corrected chi connectivity index (χ0v) is 13.5. The molecule has 23 heavy (non-hydrogen) atoms. The average molecular weight is 311 g/mol. The third-order valence-electron chi connectivity index (χ3n) is 3.76. The highest BCUT2D eigenvalue weighted by molar-refractivity contribution is 5.87. The molecular formula is C17H21N5O. The fraction of sp³-hybridized carbons (Fsp3) is 0.353. The monoisotopic (exact) mass is 311 g/mol. The van der Waals surface area contributed by atoms with Crippen LogP contribution >= 0.6 is 0 Å². The quantitative estimate of drug-likeness (QED) is 0.723. The molecule has 6 heteroatoms. The largest absolute Gasteiger partial charge is 0.368 e. The number of aryl methyl sites for hydroxylation is 1. The molecular weight excluding hydrogens is 290 g/mol. The molecule has 0 radical (unpaired) electrons. The summed E-state index contributed by atoms with van der Waals surface area (Å²) in [5, 5.41) is 8.31. The zero-order valence-electron chi connectivity index (χ0n) is 13.5. The number of fused-ring (bicyclic) bond motifs is 1. The number of nitrogens with one attached hydrogen (secondary N) is 1. The topological polar surface area (TPSA) is 67.1 Å². The average Bonchev–Trinajstić information content (AvgIpc) is 3.00. The van der Waals surface area contributed by atoms with Crippen molar-refractivity contribution >= 4 is 16.9 Å². The lowest BCUT2D eigenvalue weighted by Gasteiger charge is -2.17. The van der Waals surface area contributed by atoms with Crippen molar-refractivity contribution < 1.29 is 4.52 Å². The van der Waals surface area contributed by atoms with Gasteiger partial charge in [0.05, 0.1) is 5.69 Å². The molecule has 0 spiro atoms. The first-order chi connectivity index (χ1) is 11.3. The van der Waals surface area contributed by atoms with Gasteiger partial charge in [-0.2, -0.15) is 4.98 Å². The van der Waals surface area contributed by atoms with E-state index in [2.05, 4.69) is 56.7 Å². The predicted octanol–water partition coefficient (Wildman–Crippen LogP) is 2.72. The van der Waals surface area contributed by atoms with Gasteiger partial charge in [-0.15, -0.1) is 0 Å². The third kappa shape index (κ3) is 3.65. The van der Waals surface area contributed by atoms with Crippen LogP contribution < -0.4 is 5.32 Å². The van der Waals surface area contributed by atoms with Gasteiger partial charge in [0, 0.05) is 19.6 Å². The van der Waals surface area contributed by atoms with E-state index in [4.69, 9.17) is 4.52 Å². The minimum Gasteiger partial charge on any atom is -0.368 e. The summed E-state index contributed by atoms with van der Waals surface area (Å²) in [5.41, 5.74) is 2.74. The fourth-order valence-electron chi connectivity index (χ4n) is 2.56. The van der Waals surface area contributed by atoms with Crippen molar-refractivity contribution in [1.29, 1.82) is 0 Å². The van der Waals surface area contributed by atoms with Gasteiger partial charge in [-0.1, -0.05) is 42.4 Å². The minimum atomic E-state index is 0.539. The van der Waals surface area contributed by atoms with Crippen molar-refractivity contribution in [1.82, 2.24) is 20.0 Å². The standard InChI is InChI=1S/C17H21N5O/c1-3-14-15-16(19-12-20-17(15)23-21-14)18-9-10-22(2)11-13-7-5-4-6-8-13/h4-8,12H,3,9-11H2,1-2H3,(H,18,19,20).